The van der Waals surface area contributed by atoms with E-state index in [9.17, 15) is 18.3 Å². The fourth-order valence-electron chi connectivity index (χ4n) is 3.61. The van der Waals surface area contributed by atoms with E-state index >= 15 is 0 Å². The van der Waals surface area contributed by atoms with Crippen molar-refractivity contribution in [2.75, 3.05) is 4.72 Å². The Balaban J connectivity index is 1.75. The van der Waals surface area contributed by atoms with Crippen molar-refractivity contribution >= 4 is 65.5 Å². The van der Waals surface area contributed by atoms with Gasteiger partial charge in [-0.1, -0.05) is 31.2 Å². The van der Waals surface area contributed by atoms with Crippen LogP contribution in [0.25, 0.3) is 12.2 Å². The lowest BCUT2D eigenvalue weighted by Crippen LogP contribution is -2.36. The molecule has 0 spiro atoms. The third-order valence-electron chi connectivity index (χ3n) is 5.20. The summed E-state index contributed by atoms with van der Waals surface area (Å²) in [5, 5.41) is 9.72. The second-order valence-corrected chi connectivity index (χ2v) is 10.9. The Morgan fingerprint density at radius 2 is 1.84 bits per heavy atom. The van der Waals surface area contributed by atoms with Gasteiger partial charge in [-0.3, -0.25) is 9.52 Å². The summed E-state index contributed by atoms with van der Waals surface area (Å²) < 4.78 is 35.1. The molecule has 1 heterocycles. The highest BCUT2D eigenvalue weighted by Gasteiger charge is 2.28. The zero-order chi connectivity index (χ0) is 23.0. The Morgan fingerprint density at radius 1 is 1.19 bits per heavy atom. The van der Waals surface area contributed by atoms with E-state index in [2.05, 4.69) is 36.6 Å². The summed E-state index contributed by atoms with van der Waals surface area (Å²) >= 11 is 6.51. The van der Waals surface area contributed by atoms with E-state index in [1.165, 1.54) is 0 Å². The van der Waals surface area contributed by atoms with Crippen molar-refractivity contribution in [3.8, 4) is 5.75 Å². The Kier molecular flexibility index (Phi) is 6.33. The van der Waals surface area contributed by atoms with Gasteiger partial charge in [0.1, 0.15) is 22.2 Å². The number of hydrogen-bond acceptors (Lipinski definition) is 5. The summed E-state index contributed by atoms with van der Waals surface area (Å²) in [6.45, 7) is 1.87. The number of carbonyl (C=O) groups excluding carboxylic acids is 1. The van der Waals surface area contributed by atoms with Crippen molar-refractivity contribution in [3.05, 3.63) is 78.9 Å². The fourth-order valence-corrected chi connectivity index (χ4v) is 6.07. The SMILES string of the molecule is CCc1oc2c(c1C(=O)c1cc(Br)c(O)c(Br)c1)=CCC(S(=O)(=O)Nc1ccccc1)C=2. The maximum absolute atomic E-state index is 13.3. The molecule has 9 heteroatoms. The van der Waals surface area contributed by atoms with Crippen molar-refractivity contribution in [2.45, 2.75) is 25.0 Å². The first-order valence-corrected chi connectivity index (χ1v) is 13.0. The standard InChI is InChI=1S/C23H19Br2NO5S/c1-2-19-21(22(27)13-10-17(24)23(28)18(25)11-13)16-9-8-15(12-20(16)31-19)32(29,30)26-14-6-4-3-5-7-14/h3-7,9-12,15,26,28H,2,8H2,1H3. The second-order valence-electron chi connectivity index (χ2n) is 7.31. The smallest absolute Gasteiger partial charge is 0.239 e. The highest BCUT2D eigenvalue weighted by atomic mass is 79.9. The Morgan fingerprint density at radius 3 is 2.47 bits per heavy atom. The zero-order valence-corrected chi connectivity index (χ0v) is 20.9. The minimum absolute atomic E-state index is 0.00495. The normalized spacial score (nSPS) is 15.4. The van der Waals surface area contributed by atoms with Crippen LogP contribution in [0.3, 0.4) is 0 Å². The minimum Gasteiger partial charge on any atom is -0.506 e. The number of fused-ring (bicyclic) bond motifs is 1. The van der Waals surface area contributed by atoms with Crippen LogP contribution in [0.1, 0.15) is 35.0 Å². The van der Waals surface area contributed by atoms with Gasteiger partial charge in [-0.05, 0) is 68.6 Å². The lowest BCUT2D eigenvalue weighted by atomic mass is 9.99. The first-order valence-electron chi connectivity index (χ1n) is 9.84. The number of furan rings is 1. The van der Waals surface area contributed by atoms with Crippen LogP contribution in [0.2, 0.25) is 0 Å². The van der Waals surface area contributed by atoms with E-state index in [1.807, 2.05) is 13.0 Å². The molecule has 1 aliphatic carbocycles. The number of carbonyl (C=O) groups is 1. The number of benzene rings is 2. The monoisotopic (exact) mass is 579 g/mol. The number of rotatable bonds is 6. The molecule has 0 amide bonds. The van der Waals surface area contributed by atoms with Crippen molar-refractivity contribution in [1.82, 2.24) is 0 Å². The minimum atomic E-state index is -3.70. The van der Waals surface area contributed by atoms with Gasteiger partial charge in [0.15, 0.2) is 5.78 Å². The maximum atomic E-state index is 13.3. The van der Waals surface area contributed by atoms with Crippen LogP contribution in [-0.4, -0.2) is 24.6 Å². The average molecular weight is 581 g/mol. The fraction of sp³-hybridized carbons (Fsp3) is 0.174. The largest absolute Gasteiger partial charge is 0.506 e. The van der Waals surface area contributed by atoms with Gasteiger partial charge >= 0.3 is 0 Å². The van der Waals surface area contributed by atoms with Gasteiger partial charge in [0.2, 0.25) is 10.0 Å². The third kappa shape index (κ3) is 4.29. The molecule has 0 saturated heterocycles. The first-order chi connectivity index (χ1) is 15.2. The number of para-hydroxylation sites is 1. The Hall–Kier alpha value is -2.36. The van der Waals surface area contributed by atoms with Crippen LogP contribution in [0.15, 0.2) is 55.8 Å². The van der Waals surface area contributed by atoms with Gasteiger partial charge < -0.3 is 9.52 Å². The molecule has 3 aromatic rings. The highest BCUT2D eigenvalue weighted by Crippen LogP contribution is 2.34. The zero-order valence-electron chi connectivity index (χ0n) is 16.9. The van der Waals surface area contributed by atoms with E-state index in [4.69, 9.17) is 4.42 Å². The molecule has 0 aliphatic heterocycles. The molecule has 0 bridgehead atoms. The number of phenolic OH excluding ortho intramolecular Hbond substituents is 1. The average Bonchev–Trinajstić information content (AvgIpc) is 3.15. The number of halogens is 2. The van der Waals surface area contributed by atoms with E-state index in [0.29, 0.717) is 48.6 Å². The predicted molar refractivity (Wildman–Crippen MR) is 131 cm³/mol. The molecule has 1 aliphatic rings. The number of sulfonamides is 1. The summed E-state index contributed by atoms with van der Waals surface area (Å²) in [5.74, 6) is 0.230. The summed E-state index contributed by atoms with van der Waals surface area (Å²) in [4.78, 5) is 13.3. The van der Waals surface area contributed by atoms with Gasteiger partial charge in [0.25, 0.3) is 0 Å². The van der Waals surface area contributed by atoms with E-state index < -0.39 is 15.3 Å². The Bertz CT molecular complexity index is 1410. The molecule has 0 radical (unpaired) electrons. The highest BCUT2D eigenvalue weighted by molar-refractivity contribution is 9.11. The number of ketones is 1. The lowest BCUT2D eigenvalue weighted by molar-refractivity contribution is 0.103. The third-order valence-corrected chi connectivity index (χ3v) is 8.05. The van der Waals surface area contributed by atoms with E-state index in [-0.39, 0.29) is 18.0 Å². The van der Waals surface area contributed by atoms with Crippen molar-refractivity contribution in [2.24, 2.45) is 0 Å². The molecule has 4 rings (SSSR count). The summed E-state index contributed by atoms with van der Waals surface area (Å²) in [6, 6.07) is 11.8. The van der Waals surface area contributed by atoms with Gasteiger partial charge in [0.05, 0.1) is 14.5 Å². The number of aromatic hydroxyl groups is 1. The maximum Gasteiger partial charge on any atom is 0.239 e. The molecular weight excluding hydrogens is 562 g/mol. The molecule has 2 N–H and O–H groups in total. The second kappa shape index (κ2) is 8.88. The molecule has 1 aromatic heterocycles. The molecule has 32 heavy (non-hydrogen) atoms. The molecule has 6 nitrogen and oxygen atoms in total. The van der Waals surface area contributed by atoms with Gasteiger partial charge in [-0.2, -0.15) is 0 Å². The molecular formula is C23H19Br2NO5S. The van der Waals surface area contributed by atoms with Crippen molar-refractivity contribution in [3.63, 3.8) is 0 Å². The van der Waals surface area contributed by atoms with Crippen LogP contribution in [-0.2, 0) is 16.4 Å². The molecule has 1 unspecified atom stereocenters. The number of anilines is 1. The Labute approximate surface area is 202 Å². The number of phenols is 1. The van der Waals surface area contributed by atoms with Gasteiger partial charge in [-0.25, -0.2) is 8.42 Å². The molecule has 166 valence electrons. The van der Waals surface area contributed by atoms with Gasteiger partial charge in [-0.15, -0.1) is 0 Å². The summed E-state index contributed by atoms with van der Waals surface area (Å²) in [6.07, 6.45) is 3.97. The quantitative estimate of drug-likeness (QED) is 0.428. The van der Waals surface area contributed by atoms with Gasteiger partial charge in [0, 0.05) is 22.9 Å². The predicted octanol–water partition coefficient (Wildman–Crippen LogP) is 4.08. The van der Waals surface area contributed by atoms with Crippen LogP contribution in [0, 0.1) is 0 Å². The molecule has 0 saturated carbocycles. The summed E-state index contributed by atoms with van der Waals surface area (Å²) in [5.41, 5.74) is 1.64. The lowest BCUT2D eigenvalue weighted by Gasteiger charge is -2.15. The summed E-state index contributed by atoms with van der Waals surface area (Å²) in [7, 11) is -3.70. The number of hydrogen-bond donors (Lipinski definition) is 2. The molecule has 2 aromatic carbocycles. The van der Waals surface area contributed by atoms with E-state index in [1.54, 1.807) is 48.6 Å². The molecule has 1 atom stereocenters. The van der Waals surface area contributed by atoms with Crippen LogP contribution >= 0.6 is 31.9 Å². The number of nitrogens with one attached hydrogen (secondary N) is 1. The van der Waals surface area contributed by atoms with Crippen LogP contribution in [0.5, 0.6) is 5.75 Å². The molecule has 0 fully saturated rings. The van der Waals surface area contributed by atoms with Crippen molar-refractivity contribution < 1.29 is 22.7 Å². The topological polar surface area (TPSA) is 96.6 Å². The van der Waals surface area contributed by atoms with Crippen LogP contribution < -0.4 is 15.4 Å². The van der Waals surface area contributed by atoms with Crippen LogP contribution in [0.4, 0.5) is 5.69 Å². The van der Waals surface area contributed by atoms with E-state index in [0.717, 1.165) is 0 Å². The number of aryl methyl sites for hydroxylation is 1. The van der Waals surface area contributed by atoms with Crippen molar-refractivity contribution in [1.29, 1.82) is 0 Å². The first kappa shape index (κ1) is 22.8.